The van der Waals surface area contributed by atoms with E-state index < -0.39 is 40.4 Å². The molecule has 8 nitrogen and oxygen atoms in total. The van der Waals surface area contributed by atoms with Crippen molar-refractivity contribution in [2.75, 3.05) is 6.61 Å². The van der Waals surface area contributed by atoms with Crippen molar-refractivity contribution in [3.05, 3.63) is 42.5 Å². The second kappa shape index (κ2) is 8.24. The first-order chi connectivity index (χ1) is 11.8. The molecule has 1 aromatic carbocycles. The molecule has 0 saturated heterocycles. The molecule has 3 atom stereocenters. The van der Waals surface area contributed by atoms with E-state index in [9.17, 15) is 18.0 Å². The quantitative estimate of drug-likeness (QED) is 0.582. The van der Waals surface area contributed by atoms with Crippen molar-refractivity contribution in [3.63, 3.8) is 0 Å². The highest BCUT2D eigenvalue weighted by molar-refractivity contribution is 7.89. The van der Waals surface area contributed by atoms with Gasteiger partial charge in [-0.1, -0.05) is 18.2 Å². The number of benzene rings is 1. The van der Waals surface area contributed by atoms with Crippen LogP contribution >= 0.6 is 0 Å². The smallest absolute Gasteiger partial charge is 0.303 e. The predicted molar refractivity (Wildman–Crippen MR) is 86.8 cm³/mol. The van der Waals surface area contributed by atoms with E-state index in [1.54, 1.807) is 18.2 Å². The van der Waals surface area contributed by atoms with Crippen LogP contribution in [0.2, 0.25) is 0 Å². The molecule has 1 N–H and O–H groups in total. The summed E-state index contributed by atoms with van der Waals surface area (Å²) in [6, 6.07) is 7.81. The first-order valence-electron chi connectivity index (χ1n) is 7.49. The van der Waals surface area contributed by atoms with Crippen molar-refractivity contribution >= 4 is 22.0 Å². The van der Waals surface area contributed by atoms with Crippen LogP contribution in [0.25, 0.3) is 0 Å². The lowest BCUT2D eigenvalue weighted by Crippen LogP contribution is -2.47. The van der Waals surface area contributed by atoms with Gasteiger partial charge < -0.3 is 14.2 Å². The summed E-state index contributed by atoms with van der Waals surface area (Å²) >= 11 is 0. The van der Waals surface area contributed by atoms with Gasteiger partial charge in [-0.25, -0.2) is 8.42 Å². The average molecular weight is 369 g/mol. The first kappa shape index (κ1) is 19.1. The Bertz CT molecular complexity index is 745. The Balaban J connectivity index is 2.11. The number of hydrogen-bond donors (Lipinski definition) is 1. The number of rotatable bonds is 6. The van der Waals surface area contributed by atoms with E-state index in [1.807, 2.05) is 0 Å². The van der Waals surface area contributed by atoms with Crippen LogP contribution in [0.3, 0.4) is 0 Å². The molecule has 0 fully saturated rings. The Kier molecular flexibility index (Phi) is 6.29. The van der Waals surface area contributed by atoms with E-state index in [4.69, 9.17) is 14.2 Å². The van der Waals surface area contributed by atoms with Gasteiger partial charge in [0, 0.05) is 13.8 Å². The maximum Gasteiger partial charge on any atom is 0.303 e. The van der Waals surface area contributed by atoms with E-state index in [0.717, 1.165) is 0 Å². The molecule has 25 heavy (non-hydrogen) atoms. The van der Waals surface area contributed by atoms with Gasteiger partial charge in [0.2, 0.25) is 10.0 Å². The molecule has 0 bridgehead atoms. The number of esters is 2. The minimum Gasteiger partial charge on any atom is -0.463 e. The Morgan fingerprint density at radius 2 is 1.80 bits per heavy atom. The highest BCUT2D eigenvalue weighted by atomic mass is 32.2. The van der Waals surface area contributed by atoms with Gasteiger partial charge in [-0.2, -0.15) is 4.72 Å². The van der Waals surface area contributed by atoms with Crippen molar-refractivity contribution in [1.29, 1.82) is 0 Å². The van der Waals surface area contributed by atoms with Crippen molar-refractivity contribution < 1.29 is 32.2 Å². The van der Waals surface area contributed by atoms with E-state index in [0.29, 0.717) is 0 Å². The summed E-state index contributed by atoms with van der Waals surface area (Å²) < 4.78 is 42.6. The summed E-state index contributed by atoms with van der Waals surface area (Å²) in [5.41, 5.74) is 0. The summed E-state index contributed by atoms with van der Waals surface area (Å²) in [6.45, 7) is 2.29. The molecule has 0 aliphatic carbocycles. The van der Waals surface area contributed by atoms with Gasteiger partial charge in [0.25, 0.3) is 0 Å². The Morgan fingerprint density at radius 1 is 1.12 bits per heavy atom. The second-order valence-electron chi connectivity index (χ2n) is 5.29. The normalized spacial score (nSPS) is 23.0. The molecule has 0 radical (unpaired) electrons. The van der Waals surface area contributed by atoms with E-state index in [-0.39, 0.29) is 11.5 Å². The van der Waals surface area contributed by atoms with Crippen LogP contribution in [-0.4, -0.2) is 45.4 Å². The molecule has 1 heterocycles. The van der Waals surface area contributed by atoms with Gasteiger partial charge in [-0.05, 0) is 24.3 Å². The van der Waals surface area contributed by atoms with Crippen molar-refractivity contribution in [1.82, 2.24) is 4.72 Å². The molecular weight excluding hydrogens is 350 g/mol. The number of sulfonamides is 1. The van der Waals surface area contributed by atoms with Crippen LogP contribution in [0.4, 0.5) is 0 Å². The third-order valence-electron chi connectivity index (χ3n) is 3.24. The minimum absolute atomic E-state index is 0.0886. The highest BCUT2D eigenvalue weighted by Gasteiger charge is 2.32. The zero-order valence-electron chi connectivity index (χ0n) is 13.7. The number of hydrogen-bond acceptors (Lipinski definition) is 7. The van der Waals surface area contributed by atoms with E-state index in [1.165, 1.54) is 38.1 Å². The first-order valence-corrected chi connectivity index (χ1v) is 8.98. The van der Waals surface area contributed by atoms with Crippen molar-refractivity contribution in [2.24, 2.45) is 0 Å². The second-order valence-corrected chi connectivity index (χ2v) is 7.00. The van der Waals surface area contributed by atoms with Gasteiger partial charge in [0.1, 0.15) is 25.0 Å². The van der Waals surface area contributed by atoms with Crippen LogP contribution in [0.5, 0.6) is 0 Å². The molecule has 136 valence electrons. The topological polar surface area (TPSA) is 108 Å². The Morgan fingerprint density at radius 3 is 2.40 bits per heavy atom. The summed E-state index contributed by atoms with van der Waals surface area (Å²) in [4.78, 5) is 22.2. The fourth-order valence-corrected chi connectivity index (χ4v) is 3.27. The fourth-order valence-electron chi connectivity index (χ4n) is 2.17. The fraction of sp³-hybridized carbons (Fsp3) is 0.375. The maximum absolute atomic E-state index is 12.3. The molecule has 0 amide bonds. The van der Waals surface area contributed by atoms with Gasteiger partial charge >= 0.3 is 11.9 Å². The SMILES string of the molecule is CC(=O)OC[C@H]1O[C@H](NS(=O)(=O)c2ccccc2)C=C[C@@H]1OC(C)=O. The Labute approximate surface area is 145 Å². The number of ether oxygens (including phenoxy) is 3. The molecule has 9 heteroatoms. The monoisotopic (exact) mass is 369 g/mol. The molecular formula is C16H19NO7S. The summed E-state index contributed by atoms with van der Waals surface area (Å²) in [7, 11) is -3.80. The summed E-state index contributed by atoms with van der Waals surface area (Å²) in [5, 5.41) is 0. The molecule has 1 aromatic rings. The van der Waals surface area contributed by atoms with Crippen LogP contribution < -0.4 is 4.72 Å². The third kappa shape index (κ3) is 5.66. The molecule has 0 saturated carbocycles. The highest BCUT2D eigenvalue weighted by Crippen LogP contribution is 2.18. The molecule has 1 aliphatic heterocycles. The van der Waals surface area contributed by atoms with Crippen LogP contribution in [0.1, 0.15) is 13.8 Å². The molecule has 1 aliphatic rings. The molecule has 0 unspecified atom stereocenters. The number of nitrogens with one attached hydrogen (secondary N) is 1. The molecule has 0 spiro atoms. The summed E-state index contributed by atoms with van der Waals surface area (Å²) in [5.74, 6) is -1.06. The third-order valence-corrected chi connectivity index (χ3v) is 4.68. The van der Waals surface area contributed by atoms with Gasteiger partial charge in [-0.15, -0.1) is 0 Å². The lowest BCUT2D eigenvalue weighted by molar-refractivity contribution is -0.163. The average Bonchev–Trinajstić information content (AvgIpc) is 2.55. The predicted octanol–water partition coefficient (Wildman–Crippen LogP) is 0.741. The van der Waals surface area contributed by atoms with Crippen LogP contribution in [0.15, 0.2) is 47.4 Å². The van der Waals surface area contributed by atoms with Gasteiger partial charge in [0.05, 0.1) is 4.90 Å². The minimum atomic E-state index is -3.80. The van der Waals surface area contributed by atoms with E-state index in [2.05, 4.69) is 4.72 Å². The van der Waals surface area contributed by atoms with Crippen LogP contribution in [0, 0.1) is 0 Å². The maximum atomic E-state index is 12.3. The molecule has 2 rings (SSSR count). The summed E-state index contributed by atoms with van der Waals surface area (Å²) in [6.07, 6.45) is 0.323. The largest absolute Gasteiger partial charge is 0.463 e. The lowest BCUT2D eigenvalue weighted by Gasteiger charge is -2.31. The Hall–Kier alpha value is -2.23. The zero-order valence-corrected chi connectivity index (χ0v) is 14.6. The van der Waals surface area contributed by atoms with E-state index >= 15 is 0 Å². The van der Waals surface area contributed by atoms with Crippen molar-refractivity contribution in [3.8, 4) is 0 Å². The zero-order chi connectivity index (χ0) is 18.4. The lowest BCUT2D eigenvalue weighted by atomic mass is 10.1. The van der Waals surface area contributed by atoms with Gasteiger partial charge in [-0.3, -0.25) is 9.59 Å². The van der Waals surface area contributed by atoms with Crippen LogP contribution in [-0.2, 0) is 33.8 Å². The van der Waals surface area contributed by atoms with Crippen molar-refractivity contribution in [2.45, 2.75) is 37.2 Å². The van der Waals surface area contributed by atoms with Gasteiger partial charge in [0.15, 0.2) is 0 Å². The number of carbonyl (C=O) groups excluding carboxylic acids is 2. The number of carbonyl (C=O) groups is 2. The molecule has 0 aromatic heterocycles. The standard InChI is InChI=1S/C16H19NO7S/c1-11(18)22-10-15-14(23-12(2)19)8-9-16(24-15)17-25(20,21)13-6-4-3-5-7-13/h3-9,14-17H,10H2,1-2H3/t14-,15+,16-/m0/s1.